The molecule has 0 bridgehead atoms. The zero-order chi connectivity index (χ0) is 9.19. The zero-order valence-electron chi connectivity index (χ0n) is 6.01. The van der Waals surface area contributed by atoms with E-state index in [1.54, 1.807) is 0 Å². The predicted octanol–water partition coefficient (Wildman–Crippen LogP) is 0.338. The first-order valence-electron chi connectivity index (χ1n) is 3.07. The van der Waals surface area contributed by atoms with Crippen molar-refractivity contribution >= 4 is 10.0 Å². The molecule has 1 aromatic rings. The summed E-state index contributed by atoms with van der Waals surface area (Å²) >= 11 is 0. The third-order valence-electron chi connectivity index (χ3n) is 1.26. The van der Waals surface area contributed by atoms with Gasteiger partial charge in [-0.3, -0.25) is 4.98 Å². The number of halogens is 1. The van der Waals surface area contributed by atoms with E-state index >= 15 is 0 Å². The van der Waals surface area contributed by atoms with Gasteiger partial charge < -0.3 is 0 Å². The lowest BCUT2D eigenvalue weighted by Crippen LogP contribution is -2.18. The van der Waals surface area contributed by atoms with E-state index in [1.165, 1.54) is 24.5 Å². The van der Waals surface area contributed by atoms with Gasteiger partial charge in [0.25, 0.3) is 0 Å². The Morgan fingerprint density at radius 1 is 1.42 bits per heavy atom. The quantitative estimate of drug-likeness (QED) is 0.730. The van der Waals surface area contributed by atoms with E-state index in [0.29, 0.717) is 0 Å². The standard InChI is InChI=1S/C6H7FN2O2S/c7-6(12(8,10)11)5-1-3-9-4-2-5/h1-4,6H,(H2,8,10,11). The van der Waals surface area contributed by atoms with Crippen molar-refractivity contribution in [2.75, 3.05) is 0 Å². The molecule has 12 heavy (non-hydrogen) atoms. The first kappa shape index (κ1) is 9.08. The molecule has 0 radical (unpaired) electrons. The fraction of sp³-hybridized carbons (Fsp3) is 0.167. The Labute approximate surface area is 69.3 Å². The number of aromatic nitrogens is 1. The van der Waals surface area contributed by atoms with Crippen molar-refractivity contribution in [1.82, 2.24) is 4.98 Å². The highest BCUT2D eigenvalue weighted by atomic mass is 32.2. The van der Waals surface area contributed by atoms with Gasteiger partial charge >= 0.3 is 0 Å². The van der Waals surface area contributed by atoms with Gasteiger partial charge in [-0.2, -0.15) is 0 Å². The summed E-state index contributed by atoms with van der Waals surface area (Å²) in [4.78, 5) is 3.61. The molecular formula is C6H7FN2O2S. The van der Waals surface area contributed by atoms with Crippen LogP contribution in [0.5, 0.6) is 0 Å². The molecule has 1 atom stereocenters. The van der Waals surface area contributed by atoms with E-state index in [0.717, 1.165) is 0 Å². The Bertz CT molecular complexity index is 351. The molecule has 2 N–H and O–H groups in total. The molecule has 0 aliphatic rings. The van der Waals surface area contributed by atoms with Crippen LogP contribution in [0.3, 0.4) is 0 Å². The smallest absolute Gasteiger partial charge is 0.245 e. The predicted molar refractivity (Wildman–Crippen MR) is 41.2 cm³/mol. The highest BCUT2D eigenvalue weighted by Crippen LogP contribution is 2.19. The number of sulfonamides is 1. The van der Waals surface area contributed by atoms with Crippen LogP contribution in [-0.4, -0.2) is 13.4 Å². The molecule has 0 saturated heterocycles. The average Bonchev–Trinajstić information content (AvgIpc) is 2.03. The Kier molecular flexibility index (Phi) is 2.39. The largest absolute Gasteiger partial charge is 0.265 e. The second-order valence-corrected chi connectivity index (χ2v) is 3.78. The van der Waals surface area contributed by atoms with Crippen LogP contribution >= 0.6 is 0 Å². The maximum atomic E-state index is 12.9. The maximum Gasteiger partial charge on any atom is 0.245 e. The monoisotopic (exact) mass is 190 g/mol. The number of hydrogen-bond donors (Lipinski definition) is 1. The van der Waals surface area contributed by atoms with E-state index in [9.17, 15) is 12.8 Å². The fourth-order valence-electron chi connectivity index (χ4n) is 0.704. The lowest BCUT2D eigenvalue weighted by Gasteiger charge is -2.03. The van der Waals surface area contributed by atoms with Crippen molar-refractivity contribution in [1.29, 1.82) is 0 Å². The zero-order valence-corrected chi connectivity index (χ0v) is 6.83. The number of nitrogens with two attached hydrogens (primary N) is 1. The number of pyridine rings is 1. The van der Waals surface area contributed by atoms with Crippen LogP contribution in [0.4, 0.5) is 4.39 Å². The van der Waals surface area contributed by atoms with Gasteiger partial charge in [0.15, 0.2) is 0 Å². The average molecular weight is 190 g/mol. The van der Waals surface area contributed by atoms with Crippen molar-refractivity contribution in [2.45, 2.75) is 5.50 Å². The number of rotatable bonds is 2. The summed E-state index contributed by atoms with van der Waals surface area (Å²) in [5.41, 5.74) is -2.17. The van der Waals surface area contributed by atoms with Gasteiger partial charge in [-0.15, -0.1) is 0 Å². The summed E-state index contributed by atoms with van der Waals surface area (Å²) in [5.74, 6) is 0. The number of hydrogen-bond acceptors (Lipinski definition) is 3. The van der Waals surface area contributed by atoms with Gasteiger partial charge in [0, 0.05) is 18.0 Å². The molecule has 1 heterocycles. The van der Waals surface area contributed by atoms with Gasteiger partial charge in [-0.1, -0.05) is 0 Å². The first-order valence-corrected chi connectivity index (χ1v) is 4.68. The van der Waals surface area contributed by atoms with Gasteiger partial charge in [-0.05, 0) is 12.1 Å². The van der Waals surface area contributed by atoms with Gasteiger partial charge in [-0.25, -0.2) is 17.9 Å². The Hall–Kier alpha value is -1.01. The highest BCUT2D eigenvalue weighted by Gasteiger charge is 2.21. The molecule has 66 valence electrons. The fourth-order valence-corrected chi connectivity index (χ4v) is 1.24. The van der Waals surface area contributed by atoms with Crippen molar-refractivity contribution < 1.29 is 12.8 Å². The van der Waals surface area contributed by atoms with E-state index in [4.69, 9.17) is 0 Å². The molecule has 1 rings (SSSR count). The number of primary sulfonamides is 1. The molecule has 6 heteroatoms. The SMILES string of the molecule is NS(=O)(=O)C(F)c1ccncc1. The molecule has 0 saturated carbocycles. The molecular weight excluding hydrogens is 183 g/mol. The van der Waals surface area contributed by atoms with Crippen LogP contribution in [0.25, 0.3) is 0 Å². The van der Waals surface area contributed by atoms with E-state index in [2.05, 4.69) is 10.1 Å². The molecule has 1 aromatic heterocycles. The van der Waals surface area contributed by atoms with E-state index < -0.39 is 15.5 Å². The lowest BCUT2D eigenvalue weighted by molar-refractivity contribution is 0.431. The van der Waals surface area contributed by atoms with Crippen molar-refractivity contribution in [3.05, 3.63) is 30.1 Å². The topological polar surface area (TPSA) is 73.1 Å². The summed E-state index contributed by atoms with van der Waals surface area (Å²) in [5, 5.41) is 4.59. The highest BCUT2D eigenvalue weighted by molar-refractivity contribution is 7.89. The molecule has 0 aliphatic heterocycles. The number of nitrogens with zero attached hydrogens (tertiary/aromatic N) is 1. The van der Waals surface area contributed by atoms with Crippen LogP contribution in [-0.2, 0) is 10.0 Å². The minimum absolute atomic E-state index is 0.00694. The summed E-state index contributed by atoms with van der Waals surface area (Å²) in [6, 6.07) is 2.52. The minimum Gasteiger partial charge on any atom is -0.265 e. The summed E-state index contributed by atoms with van der Waals surface area (Å²) in [6.45, 7) is 0. The molecule has 1 unspecified atom stereocenters. The number of alkyl halides is 1. The Balaban J connectivity index is 3.02. The van der Waals surface area contributed by atoms with Crippen LogP contribution in [0.2, 0.25) is 0 Å². The van der Waals surface area contributed by atoms with Crippen molar-refractivity contribution in [3.8, 4) is 0 Å². The lowest BCUT2D eigenvalue weighted by atomic mass is 10.3. The second-order valence-electron chi connectivity index (χ2n) is 2.19. The van der Waals surface area contributed by atoms with Crippen LogP contribution < -0.4 is 5.14 Å². The maximum absolute atomic E-state index is 12.9. The minimum atomic E-state index is -4.15. The van der Waals surface area contributed by atoms with E-state index in [-0.39, 0.29) is 5.56 Å². The van der Waals surface area contributed by atoms with Gasteiger partial charge in [0.05, 0.1) is 0 Å². The summed E-state index contributed by atoms with van der Waals surface area (Å²) in [6.07, 6.45) is 2.60. The molecule has 0 amide bonds. The molecule has 0 aliphatic carbocycles. The Morgan fingerprint density at radius 3 is 2.33 bits per heavy atom. The summed E-state index contributed by atoms with van der Waals surface area (Å²) in [7, 11) is -4.15. The summed E-state index contributed by atoms with van der Waals surface area (Å²) < 4.78 is 33.9. The Morgan fingerprint density at radius 2 is 1.92 bits per heavy atom. The third kappa shape index (κ3) is 1.99. The van der Waals surface area contributed by atoms with Crippen LogP contribution in [0.15, 0.2) is 24.5 Å². The second kappa shape index (κ2) is 3.16. The van der Waals surface area contributed by atoms with Crippen LogP contribution in [0, 0.1) is 0 Å². The molecule has 0 fully saturated rings. The molecule has 0 spiro atoms. The first-order chi connectivity index (χ1) is 5.52. The molecule has 4 nitrogen and oxygen atoms in total. The third-order valence-corrected chi connectivity index (χ3v) is 2.11. The molecule has 0 aromatic carbocycles. The van der Waals surface area contributed by atoms with Crippen LogP contribution in [0.1, 0.15) is 11.1 Å². The van der Waals surface area contributed by atoms with Crippen molar-refractivity contribution in [2.24, 2.45) is 5.14 Å². The van der Waals surface area contributed by atoms with Crippen molar-refractivity contribution in [3.63, 3.8) is 0 Å². The normalized spacial score (nSPS) is 14.2. The van der Waals surface area contributed by atoms with Gasteiger partial charge in [0.2, 0.25) is 15.5 Å². The van der Waals surface area contributed by atoms with Gasteiger partial charge in [0.1, 0.15) is 0 Å². The van der Waals surface area contributed by atoms with E-state index in [1.807, 2.05) is 0 Å².